The average molecular weight is 381 g/mol. The van der Waals surface area contributed by atoms with Crippen molar-refractivity contribution in [1.82, 2.24) is 4.98 Å². The fraction of sp³-hybridized carbons (Fsp3) is 0.444. The van der Waals surface area contributed by atoms with Crippen LogP contribution in [0.15, 0.2) is 30.5 Å². The van der Waals surface area contributed by atoms with Crippen LogP contribution in [0.25, 0.3) is 0 Å². The monoisotopic (exact) mass is 380 g/mol. The Morgan fingerprint density at radius 3 is 2.88 bits per heavy atom. The zero-order valence-electron chi connectivity index (χ0n) is 14.4. The van der Waals surface area contributed by atoms with Crippen LogP contribution in [-0.2, 0) is 16.0 Å². The highest BCUT2D eigenvalue weighted by Crippen LogP contribution is 2.22. The number of amides is 1. The number of thiazole rings is 1. The molecule has 0 saturated carbocycles. The average Bonchev–Trinajstić information content (AvgIpc) is 2.92. The zero-order valence-corrected chi connectivity index (χ0v) is 16.0. The molecule has 1 aliphatic rings. The fourth-order valence-corrected chi connectivity index (χ4v) is 4.29. The van der Waals surface area contributed by atoms with Gasteiger partial charge in [0.15, 0.2) is 11.7 Å². The van der Waals surface area contributed by atoms with E-state index in [0.29, 0.717) is 11.7 Å². The van der Waals surface area contributed by atoms with Gasteiger partial charge in [0.05, 0.1) is 0 Å². The number of aromatic nitrogens is 1. The predicted molar refractivity (Wildman–Crippen MR) is 101 cm³/mol. The number of nitrogens with one attached hydrogen (secondary N) is 2. The molecule has 2 N–H and O–H groups in total. The number of rotatable bonds is 5. The lowest BCUT2D eigenvalue weighted by Crippen LogP contribution is -3.16. The predicted octanol–water partition coefficient (Wildman–Crippen LogP) is 2.02. The van der Waals surface area contributed by atoms with E-state index in [1.807, 2.05) is 30.5 Å². The van der Waals surface area contributed by atoms with Crippen LogP contribution in [0, 0.1) is 0 Å². The van der Waals surface area contributed by atoms with Gasteiger partial charge in [0.2, 0.25) is 0 Å². The molecular formula is C18H23ClN3O2S+. The number of hydrogen-bond acceptors (Lipinski definition) is 4. The number of quaternary nitrogens is 1. The molecule has 5 nitrogen and oxygen atoms in total. The first kappa shape index (κ1) is 18.3. The first-order valence-electron chi connectivity index (χ1n) is 8.46. The first-order valence-corrected chi connectivity index (χ1v) is 9.65. The third-order valence-corrected chi connectivity index (χ3v) is 5.24. The molecule has 1 saturated heterocycles. The Morgan fingerprint density at radius 1 is 1.40 bits per heavy atom. The maximum atomic E-state index is 12.3. The van der Waals surface area contributed by atoms with Crippen molar-refractivity contribution in [2.24, 2.45) is 0 Å². The van der Waals surface area contributed by atoms with Gasteiger partial charge in [0.1, 0.15) is 25.3 Å². The highest BCUT2D eigenvalue weighted by Gasteiger charge is 2.27. The van der Waals surface area contributed by atoms with Crippen LogP contribution >= 0.6 is 22.9 Å². The summed E-state index contributed by atoms with van der Waals surface area (Å²) in [5.41, 5.74) is 1.13. The van der Waals surface area contributed by atoms with Crippen molar-refractivity contribution in [3.8, 4) is 0 Å². The van der Waals surface area contributed by atoms with Gasteiger partial charge < -0.3 is 9.64 Å². The summed E-state index contributed by atoms with van der Waals surface area (Å²) < 4.78 is 5.71. The number of benzene rings is 1. The quantitative estimate of drug-likeness (QED) is 0.834. The maximum Gasteiger partial charge on any atom is 0.281 e. The molecule has 7 heteroatoms. The van der Waals surface area contributed by atoms with Crippen molar-refractivity contribution in [3.05, 3.63) is 45.9 Å². The summed E-state index contributed by atoms with van der Waals surface area (Å²) in [7, 11) is 0. The minimum Gasteiger partial charge on any atom is -0.364 e. The number of hydrogen-bond donors (Lipinski definition) is 2. The molecule has 2 heterocycles. The van der Waals surface area contributed by atoms with E-state index in [-0.39, 0.29) is 18.1 Å². The molecule has 0 unspecified atom stereocenters. The molecule has 0 aliphatic carbocycles. The molecule has 1 aromatic carbocycles. The number of anilines is 1. The Bertz CT molecular complexity index is 727. The molecule has 1 aliphatic heterocycles. The van der Waals surface area contributed by atoms with E-state index in [1.165, 1.54) is 16.2 Å². The standard InChI is InChI=1S/C18H22ClN3O2S/c1-12-9-22(10-13(2)24-12)11-17(23)21-18-20-8-16(25-18)7-14-4-3-5-15(19)6-14/h3-6,8,12-13H,7,9-11H2,1-2H3,(H,20,21,23)/p+1/t12-,13-/m0/s1. The number of carbonyl (C=O) groups is 1. The Hall–Kier alpha value is -1.47. The normalized spacial score (nSPS) is 23.4. The summed E-state index contributed by atoms with van der Waals surface area (Å²) in [6, 6.07) is 7.78. The van der Waals surface area contributed by atoms with Crippen molar-refractivity contribution < 1.29 is 14.4 Å². The highest BCUT2D eigenvalue weighted by atomic mass is 35.5. The number of morpholine rings is 1. The molecule has 3 rings (SSSR count). The van der Waals surface area contributed by atoms with Crippen LogP contribution in [0.3, 0.4) is 0 Å². The van der Waals surface area contributed by atoms with E-state index in [9.17, 15) is 4.79 Å². The molecule has 2 aromatic rings. The lowest BCUT2D eigenvalue weighted by Gasteiger charge is -2.31. The summed E-state index contributed by atoms with van der Waals surface area (Å²) >= 11 is 7.52. The van der Waals surface area contributed by atoms with Crippen LogP contribution in [0.1, 0.15) is 24.3 Å². The lowest BCUT2D eigenvalue weighted by molar-refractivity contribution is -0.907. The Labute approximate surface area is 157 Å². The van der Waals surface area contributed by atoms with Crippen LogP contribution in [0.2, 0.25) is 5.02 Å². The second kappa shape index (κ2) is 8.27. The summed E-state index contributed by atoms with van der Waals surface area (Å²) in [6.07, 6.45) is 2.96. The van der Waals surface area contributed by atoms with Crippen molar-refractivity contribution in [2.45, 2.75) is 32.5 Å². The Morgan fingerprint density at radius 2 is 2.16 bits per heavy atom. The van der Waals surface area contributed by atoms with Crippen molar-refractivity contribution >= 4 is 34.0 Å². The number of halogens is 1. The van der Waals surface area contributed by atoms with E-state index in [2.05, 4.69) is 24.1 Å². The van der Waals surface area contributed by atoms with Crippen molar-refractivity contribution in [1.29, 1.82) is 0 Å². The van der Waals surface area contributed by atoms with Crippen molar-refractivity contribution in [2.75, 3.05) is 25.0 Å². The van der Waals surface area contributed by atoms with E-state index in [4.69, 9.17) is 16.3 Å². The van der Waals surface area contributed by atoms with Gasteiger partial charge in [-0.15, -0.1) is 11.3 Å². The number of ether oxygens (including phenoxy) is 1. The third kappa shape index (κ3) is 5.51. The van der Waals surface area contributed by atoms with Crippen LogP contribution in [0.5, 0.6) is 0 Å². The van der Waals surface area contributed by atoms with Crippen LogP contribution < -0.4 is 10.2 Å². The Kier molecular flexibility index (Phi) is 6.06. The van der Waals surface area contributed by atoms with Gasteiger partial charge >= 0.3 is 0 Å². The fourth-order valence-electron chi connectivity index (χ4n) is 3.22. The van der Waals surface area contributed by atoms with E-state index < -0.39 is 0 Å². The molecule has 25 heavy (non-hydrogen) atoms. The summed E-state index contributed by atoms with van der Waals surface area (Å²) in [6.45, 7) is 6.26. The van der Waals surface area contributed by atoms with E-state index in [0.717, 1.165) is 35.0 Å². The molecule has 2 atom stereocenters. The molecule has 1 fully saturated rings. The summed E-state index contributed by atoms with van der Waals surface area (Å²) in [5, 5.41) is 4.30. The van der Waals surface area contributed by atoms with Crippen LogP contribution in [0.4, 0.5) is 5.13 Å². The highest BCUT2D eigenvalue weighted by molar-refractivity contribution is 7.15. The third-order valence-electron chi connectivity index (χ3n) is 4.09. The van der Waals surface area contributed by atoms with E-state index >= 15 is 0 Å². The topological polar surface area (TPSA) is 55.7 Å². The Balaban J connectivity index is 1.53. The van der Waals surface area contributed by atoms with Crippen LogP contribution in [-0.4, -0.2) is 42.7 Å². The maximum absolute atomic E-state index is 12.3. The lowest BCUT2D eigenvalue weighted by atomic mass is 10.1. The molecular weight excluding hydrogens is 358 g/mol. The number of carbonyl (C=O) groups excluding carboxylic acids is 1. The minimum atomic E-state index is -0.0000412. The van der Waals surface area contributed by atoms with E-state index in [1.54, 1.807) is 0 Å². The van der Waals surface area contributed by atoms with Gasteiger partial charge in [-0.1, -0.05) is 23.7 Å². The molecule has 0 spiro atoms. The SMILES string of the molecule is C[C@H]1C[NH+](CC(=O)Nc2ncc(Cc3cccc(Cl)c3)s2)C[C@H](C)O1. The smallest absolute Gasteiger partial charge is 0.281 e. The van der Waals surface area contributed by atoms with Crippen molar-refractivity contribution in [3.63, 3.8) is 0 Å². The van der Waals surface area contributed by atoms with Gasteiger partial charge in [-0.25, -0.2) is 4.98 Å². The molecule has 134 valence electrons. The molecule has 0 bridgehead atoms. The molecule has 1 amide bonds. The second-order valence-corrected chi connectivity index (χ2v) is 8.13. The van der Waals surface area contributed by atoms with Gasteiger partial charge in [0.25, 0.3) is 5.91 Å². The summed E-state index contributed by atoms with van der Waals surface area (Å²) in [5.74, 6) is -0.0000412. The largest absolute Gasteiger partial charge is 0.364 e. The first-order chi connectivity index (χ1) is 12.0. The number of nitrogens with zero attached hydrogens (tertiary/aromatic N) is 1. The van der Waals surface area contributed by atoms with Gasteiger partial charge in [-0.05, 0) is 31.5 Å². The molecule has 0 radical (unpaired) electrons. The van der Waals surface area contributed by atoms with Gasteiger partial charge in [0, 0.05) is 22.5 Å². The zero-order chi connectivity index (χ0) is 17.8. The minimum absolute atomic E-state index is 0.0000412. The second-order valence-electron chi connectivity index (χ2n) is 6.58. The van der Waals surface area contributed by atoms with Gasteiger partial charge in [-0.3, -0.25) is 10.1 Å². The van der Waals surface area contributed by atoms with Gasteiger partial charge in [-0.2, -0.15) is 0 Å². The summed E-state index contributed by atoms with van der Waals surface area (Å²) in [4.78, 5) is 18.9. The molecule has 1 aromatic heterocycles.